The Labute approximate surface area is 170 Å². The number of hydrogen-bond donors (Lipinski definition) is 1. The number of aromatic nitrogens is 2. The van der Waals surface area contributed by atoms with E-state index in [1.165, 1.54) is 11.3 Å². The van der Waals surface area contributed by atoms with Crippen molar-refractivity contribution in [1.82, 2.24) is 19.2 Å². The van der Waals surface area contributed by atoms with Crippen LogP contribution in [0.2, 0.25) is 0 Å². The smallest absolute Gasteiger partial charge is 0.265 e. The topological polar surface area (TPSA) is 84.3 Å². The van der Waals surface area contributed by atoms with Crippen LogP contribution >= 0.6 is 11.3 Å². The predicted molar refractivity (Wildman–Crippen MR) is 111 cm³/mol. The van der Waals surface area contributed by atoms with Gasteiger partial charge in [-0.15, -0.1) is 11.3 Å². The average Bonchev–Trinajstić information content (AvgIpc) is 3.33. The quantitative estimate of drug-likeness (QED) is 0.740. The molecule has 0 spiro atoms. The van der Waals surface area contributed by atoms with Gasteiger partial charge >= 0.3 is 0 Å². The minimum Gasteiger partial charge on any atom is -0.347 e. The Balaban J connectivity index is 1.83. The molecule has 28 heavy (non-hydrogen) atoms. The molecule has 3 rings (SSSR count). The SMILES string of the molecule is Cc1nc(-c2cc(S(=O)(=O)NCCC(C)C)cn2C)sc1C(=O)N1CCCC1. The average molecular weight is 425 g/mol. The summed E-state index contributed by atoms with van der Waals surface area (Å²) in [5.74, 6) is 0.454. The second kappa shape index (κ2) is 8.34. The molecule has 0 aromatic carbocycles. The molecule has 0 aliphatic carbocycles. The molecule has 0 saturated carbocycles. The van der Waals surface area contributed by atoms with Crippen LogP contribution in [0.25, 0.3) is 10.7 Å². The molecule has 1 amide bonds. The highest BCUT2D eigenvalue weighted by molar-refractivity contribution is 7.89. The van der Waals surface area contributed by atoms with Gasteiger partial charge in [0.15, 0.2) is 0 Å². The van der Waals surface area contributed by atoms with Gasteiger partial charge in [0.2, 0.25) is 10.0 Å². The summed E-state index contributed by atoms with van der Waals surface area (Å²) in [6.45, 7) is 7.94. The summed E-state index contributed by atoms with van der Waals surface area (Å²) in [5.41, 5.74) is 1.38. The van der Waals surface area contributed by atoms with Crippen LogP contribution in [0.1, 0.15) is 48.5 Å². The van der Waals surface area contributed by atoms with Gasteiger partial charge in [0.25, 0.3) is 5.91 Å². The van der Waals surface area contributed by atoms with E-state index in [0.717, 1.165) is 32.4 Å². The lowest BCUT2D eigenvalue weighted by Gasteiger charge is -2.13. The zero-order chi connectivity index (χ0) is 20.5. The first-order valence-electron chi connectivity index (χ1n) is 9.62. The van der Waals surface area contributed by atoms with E-state index in [4.69, 9.17) is 0 Å². The summed E-state index contributed by atoms with van der Waals surface area (Å²) in [4.78, 5) is 20.0. The van der Waals surface area contributed by atoms with E-state index in [0.29, 0.717) is 33.7 Å². The molecule has 0 atom stereocenters. The minimum atomic E-state index is -3.57. The van der Waals surface area contributed by atoms with Crippen LogP contribution in [-0.4, -0.2) is 48.4 Å². The molecule has 1 saturated heterocycles. The Morgan fingerprint density at radius 1 is 1.32 bits per heavy atom. The third-order valence-electron chi connectivity index (χ3n) is 4.91. The van der Waals surface area contributed by atoms with Crippen LogP contribution in [0.5, 0.6) is 0 Å². The molecule has 0 bridgehead atoms. The number of carbonyl (C=O) groups is 1. The van der Waals surface area contributed by atoms with Crippen molar-refractivity contribution in [1.29, 1.82) is 0 Å². The largest absolute Gasteiger partial charge is 0.347 e. The summed E-state index contributed by atoms with van der Waals surface area (Å²) in [5, 5.41) is 0.658. The van der Waals surface area contributed by atoms with Crippen LogP contribution in [0.4, 0.5) is 0 Å². The van der Waals surface area contributed by atoms with Crippen molar-refractivity contribution in [2.24, 2.45) is 13.0 Å². The second-order valence-electron chi connectivity index (χ2n) is 7.69. The van der Waals surface area contributed by atoms with Gasteiger partial charge in [-0.2, -0.15) is 0 Å². The Hall–Kier alpha value is -1.71. The van der Waals surface area contributed by atoms with Crippen molar-refractivity contribution in [3.05, 3.63) is 22.8 Å². The number of thiazole rings is 1. The molecule has 1 aliphatic rings. The minimum absolute atomic E-state index is 0.0242. The fraction of sp³-hybridized carbons (Fsp3) is 0.579. The molecule has 154 valence electrons. The molecule has 0 unspecified atom stereocenters. The van der Waals surface area contributed by atoms with E-state index >= 15 is 0 Å². The molecule has 0 radical (unpaired) electrons. The van der Waals surface area contributed by atoms with Gasteiger partial charge in [0.05, 0.1) is 11.4 Å². The van der Waals surface area contributed by atoms with E-state index in [1.54, 1.807) is 23.9 Å². The normalized spacial score (nSPS) is 15.0. The molecule has 2 aromatic heterocycles. The van der Waals surface area contributed by atoms with Crippen molar-refractivity contribution in [2.45, 2.75) is 44.9 Å². The third-order valence-corrected chi connectivity index (χ3v) is 7.50. The molecular formula is C19H28N4O3S2. The summed E-state index contributed by atoms with van der Waals surface area (Å²) >= 11 is 1.33. The van der Waals surface area contributed by atoms with E-state index in [9.17, 15) is 13.2 Å². The molecule has 7 nitrogen and oxygen atoms in total. The fourth-order valence-electron chi connectivity index (χ4n) is 3.23. The van der Waals surface area contributed by atoms with Gasteiger partial charge in [0.1, 0.15) is 14.8 Å². The number of carbonyl (C=O) groups excluding carboxylic acids is 1. The highest BCUT2D eigenvalue weighted by Gasteiger charge is 2.25. The number of rotatable bonds is 7. The number of nitrogens with one attached hydrogen (secondary N) is 1. The van der Waals surface area contributed by atoms with E-state index < -0.39 is 10.0 Å². The molecule has 2 aromatic rings. The first-order valence-corrected chi connectivity index (χ1v) is 11.9. The lowest BCUT2D eigenvalue weighted by molar-refractivity contribution is 0.0796. The first kappa shape index (κ1) is 21.0. The lowest BCUT2D eigenvalue weighted by Crippen LogP contribution is -2.27. The maximum atomic E-state index is 12.7. The van der Waals surface area contributed by atoms with Crippen LogP contribution in [-0.2, 0) is 17.1 Å². The van der Waals surface area contributed by atoms with Crippen molar-refractivity contribution < 1.29 is 13.2 Å². The maximum Gasteiger partial charge on any atom is 0.265 e. The molecule has 1 N–H and O–H groups in total. The zero-order valence-corrected chi connectivity index (χ0v) is 18.5. The van der Waals surface area contributed by atoms with Crippen LogP contribution in [0, 0.1) is 12.8 Å². The summed E-state index contributed by atoms with van der Waals surface area (Å²) in [7, 11) is -1.77. The lowest BCUT2D eigenvalue weighted by atomic mass is 10.1. The monoisotopic (exact) mass is 424 g/mol. The van der Waals surface area contributed by atoms with Gasteiger partial charge in [-0.1, -0.05) is 13.8 Å². The Morgan fingerprint density at radius 3 is 2.64 bits per heavy atom. The molecule has 1 aliphatic heterocycles. The molecule has 3 heterocycles. The summed E-state index contributed by atoms with van der Waals surface area (Å²) < 4.78 is 29.5. The zero-order valence-electron chi connectivity index (χ0n) is 16.9. The third kappa shape index (κ3) is 4.47. The summed E-state index contributed by atoms with van der Waals surface area (Å²) in [6.07, 6.45) is 4.46. The molecular weight excluding hydrogens is 396 g/mol. The van der Waals surface area contributed by atoms with Crippen molar-refractivity contribution in [2.75, 3.05) is 19.6 Å². The molecule has 1 fully saturated rings. The summed E-state index contributed by atoms with van der Waals surface area (Å²) in [6, 6.07) is 1.63. The van der Waals surface area contributed by atoms with E-state index in [2.05, 4.69) is 23.6 Å². The van der Waals surface area contributed by atoms with Crippen LogP contribution in [0.3, 0.4) is 0 Å². The Morgan fingerprint density at radius 2 is 2.00 bits per heavy atom. The molecule has 9 heteroatoms. The standard InChI is InChI=1S/C19H28N4O3S2/c1-13(2)7-8-20-28(25,26)15-11-16(22(4)12-15)18-21-14(3)17(27-18)19(24)23-9-5-6-10-23/h11-13,20H,5-10H2,1-4H3. The first-order chi connectivity index (χ1) is 13.2. The van der Waals surface area contributed by atoms with Gasteiger partial charge in [-0.25, -0.2) is 18.1 Å². The van der Waals surface area contributed by atoms with E-state index in [1.807, 2.05) is 11.8 Å². The highest BCUT2D eigenvalue weighted by Crippen LogP contribution is 2.31. The Kier molecular flexibility index (Phi) is 6.26. The van der Waals surface area contributed by atoms with Gasteiger partial charge in [-0.05, 0) is 38.2 Å². The Bertz CT molecular complexity index is 954. The second-order valence-corrected chi connectivity index (χ2v) is 10.5. The van der Waals surface area contributed by atoms with Gasteiger partial charge in [0, 0.05) is 32.9 Å². The van der Waals surface area contributed by atoms with Crippen LogP contribution < -0.4 is 4.72 Å². The number of likely N-dealkylation sites (tertiary alicyclic amines) is 1. The number of aryl methyl sites for hydroxylation is 2. The number of sulfonamides is 1. The van der Waals surface area contributed by atoms with Crippen molar-refractivity contribution in [3.63, 3.8) is 0 Å². The van der Waals surface area contributed by atoms with Crippen LogP contribution in [0.15, 0.2) is 17.2 Å². The number of hydrogen-bond acceptors (Lipinski definition) is 5. The maximum absolute atomic E-state index is 12.7. The van der Waals surface area contributed by atoms with Gasteiger partial charge in [-0.3, -0.25) is 4.79 Å². The van der Waals surface area contributed by atoms with Crippen molar-refractivity contribution in [3.8, 4) is 10.7 Å². The van der Waals surface area contributed by atoms with E-state index in [-0.39, 0.29) is 10.8 Å². The van der Waals surface area contributed by atoms with Gasteiger partial charge < -0.3 is 9.47 Å². The fourth-order valence-corrected chi connectivity index (χ4v) is 5.44. The predicted octanol–water partition coefficient (Wildman–Crippen LogP) is 3.02. The number of nitrogens with zero attached hydrogens (tertiary/aromatic N) is 3. The van der Waals surface area contributed by atoms with Crippen molar-refractivity contribution >= 4 is 27.3 Å². The number of amides is 1. The highest BCUT2D eigenvalue weighted by atomic mass is 32.2.